The van der Waals surface area contributed by atoms with Gasteiger partial charge in [-0.3, -0.25) is 19.4 Å². The number of hydrogen-bond acceptors (Lipinski definition) is 4. The number of carbonyl (C=O) groups excluding carboxylic acids is 2. The van der Waals surface area contributed by atoms with Crippen molar-refractivity contribution in [2.45, 2.75) is 6.54 Å². The molecule has 0 spiro atoms. The second-order valence-electron chi connectivity index (χ2n) is 6.96. The van der Waals surface area contributed by atoms with Crippen molar-refractivity contribution in [2.75, 3.05) is 44.6 Å². The minimum Gasteiger partial charge on any atom is -0.347 e. The van der Waals surface area contributed by atoms with Gasteiger partial charge in [-0.1, -0.05) is 39.7 Å². The van der Waals surface area contributed by atoms with Gasteiger partial charge in [-0.15, -0.1) is 0 Å². The Kier molecular flexibility index (Phi) is 8.06. The Labute approximate surface area is 184 Å². The first-order valence-corrected chi connectivity index (χ1v) is 10.7. The average Bonchev–Trinajstić information content (AvgIpc) is 2.72. The highest BCUT2D eigenvalue weighted by atomic mass is 79.9. The molecule has 3 rings (SSSR count). The smallest absolute Gasteiger partial charge is 0.313 e. The molecular weight excluding hydrogens is 456 g/mol. The Morgan fingerprint density at radius 1 is 0.897 bits per heavy atom. The minimum atomic E-state index is -0.674. The molecule has 2 aromatic carbocycles. The molecule has 0 bridgehead atoms. The molecule has 1 aliphatic rings. The summed E-state index contributed by atoms with van der Waals surface area (Å²) in [5.41, 5.74) is 1.84. The van der Waals surface area contributed by atoms with Gasteiger partial charge in [0.05, 0.1) is 0 Å². The zero-order valence-corrected chi connectivity index (χ0v) is 18.4. The molecule has 2 amide bonds. The van der Waals surface area contributed by atoms with Gasteiger partial charge in [0.1, 0.15) is 0 Å². The molecule has 0 aromatic heterocycles. The van der Waals surface area contributed by atoms with Crippen LogP contribution in [0, 0.1) is 0 Å². The molecule has 2 aromatic rings. The summed E-state index contributed by atoms with van der Waals surface area (Å²) in [6, 6.07) is 15.0. The third-order valence-electron chi connectivity index (χ3n) is 4.81. The second kappa shape index (κ2) is 10.7. The lowest BCUT2D eigenvalue weighted by molar-refractivity contribution is -0.136. The van der Waals surface area contributed by atoms with E-state index < -0.39 is 11.8 Å². The zero-order chi connectivity index (χ0) is 20.6. The van der Waals surface area contributed by atoms with Crippen molar-refractivity contribution in [2.24, 2.45) is 0 Å². The quantitative estimate of drug-likeness (QED) is 0.625. The first kappa shape index (κ1) is 21.8. The molecule has 154 valence electrons. The first-order valence-electron chi connectivity index (χ1n) is 9.53. The van der Waals surface area contributed by atoms with Crippen LogP contribution in [0.25, 0.3) is 0 Å². The van der Waals surface area contributed by atoms with Gasteiger partial charge < -0.3 is 10.6 Å². The van der Waals surface area contributed by atoms with Gasteiger partial charge in [-0.2, -0.15) is 0 Å². The fraction of sp³-hybridized carbons (Fsp3) is 0.333. The number of nitrogens with zero attached hydrogens (tertiary/aromatic N) is 2. The standard InChI is InChI=1S/C21H24BrClN4O2/c22-17-3-1-16(2-4-17)15-27-13-11-26(12-14-27)10-9-24-20(28)21(29)25-19-7-5-18(23)6-8-19/h1-8H,9-15H2,(H,24,28)(H,25,29). The molecule has 29 heavy (non-hydrogen) atoms. The van der Waals surface area contributed by atoms with E-state index in [9.17, 15) is 9.59 Å². The highest BCUT2D eigenvalue weighted by Crippen LogP contribution is 2.14. The Bertz CT molecular complexity index is 822. The number of benzene rings is 2. The van der Waals surface area contributed by atoms with Crippen LogP contribution >= 0.6 is 27.5 Å². The normalized spacial score (nSPS) is 15.1. The van der Waals surface area contributed by atoms with Crippen molar-refractivity contribution >= 4 is 45.0 Å². The molecule has 0 aliphatic carbocycles. The molecule has 1 heterocycles. The molecule has 1 aliphatic heterocycles. The van der Waals surface area contributed by atoms with E-state index in [-0.39, 0.29) is 0 Å². The fourth-order valence-electron chi connectivity index (χ4n) is 3.15. The van der Waals surface area contributed by atoms with Crippen LogP contribution in [0.4, 0.5) is 5.69 Å². The topological polar surface area (TPSA) is 64.7 Å². The lowest BCUT2D eigenvalue weighted by atomic mass is 10.2. The van der Waals surface area contributed by atoms with Crippen LogP contribution < -0.4 is 10.6 Å². The number of carbonyl (C=O) groups is 2. The van der Waals surface area contributed by atoms with Crippen LogP contribution in [-0.2, 0) is 16.1 Å². The maximum Gasteiger partial charge on any atom is 0.313 e. The van der Waals surface area contributed by atoms with Crippen molar-refractivity contribution in [1.29, 1.82) is 0 Å². The van der Waals surface area contributed by atoms with Gasteiger partial charge in [-0.25, -0.2) is 0 Å². The summed E-state index contributed by atoms with van der Waals surface area (Å²) < 4.78 is 1.09. The molecule has 6 nitrogen and oxygen atoms in total. The molecule has 2 N–H and O–H groups in total. The molecule has 8 heteroatoms. The minimum absolute atomic E-state index is 0.444. The van der Waals surface area contributed by atoms with E-state index in [0.29, 0.717) is 17.3 Å². The molecule has 1 fully saturated rings. The summed E-state index contributed by atoms with van der Waals surface area (Å²) in [5.74, 6) is -1.31. The largest absolute Gasteiger partial charge is 0.347 e. The highest BCUT2D eigenvalue weighted by Gasteiger charge is 2.18. The van der Waals surface area contributed by atoms with E-state index in [1.165, 1.54) is 5.56 Å². The van der Waals surface area contributed by atoms with E-state index in [1.54, 1.807) is 24.3 Å². The van der Waals surface area contributed by atoms with Gasteiger partial charge in [0.2, 0.25) is 0 Å². The Hall–Kier alpha value is -1.93. The third-order valence-corrected chi connectivity index (χ3v) is 5.59. The molecule has 0 saturated carbocycles. The van der Waals surface area contributed by atoms with E-state index in [0.717, 1.165) is 43.7 Å². The van der Waals surface area contributed by atoms with Gasteiger partial charge in [-0.05, 0) is 42.0 Å². The fourth-order valence-corrected chi connectivity index (χ4v) is 3.54. The number of rotatable bonds is 6. The summed E-state index contributed by atoms with van der Waals surface area (Å²) in [4.78, 5) is 28.6. The van der Waals surface area contributed by atoms with E-state index in [1.807, 2.05) is 0 Å². The summed E-state index contributed by atoms with van der Waals surface area (Å²) in [6.07, 6.45) is 0. The summed E-state index contributed by atoms with van der Waals surface area (Å²) in [6.45, 7) is 5.99. The number of anilines is 1. The number of amides is 2. The molecule has 0 atom stereocenters. The van der Waals surface area contributed by atoms with Gasteiger partial charge >= 0.3 is 11.8 Å². The van der Waals surface area contributed by atoms with Gasteiger partial charge in [0.25, 0.3) is 0 Å². The van der Waals surface area contributed by atoms with E-state index >= 15 is 0 Å². The van der Waals surface area contributed by atoms with Crippen LogP contribution in [0.15, 0.2) is 53.0 Å². The molecule has 0 radical (unpaired) electrons. The molecule has 1 saturated heterocycles. The first-order chi connectivity index (χ1) is 14.0. The van der Waals surface area contributed by atoms with Crippen LogP contribution in [0.1, 0.15) is 5.56 Å². The van der Waals surface area contributed by atoms with Crippen molar-refractivity contribution in [3.63, 3.8) is 0 Å². The number of hydrogen-bond donors (Lipinski definition) is 2. The third kappa shape index (κ3) is 7.12. The molecule has 0 unspecified atom stereocenters. The summed E-state index contributed by atoms with van der Waals surface area (Å²) >= 11 is 9.27. The van der Waals surface area contributed by atoms with Crippen LogP contribution in [-0.4, -0.2) is 60.9 Å². The molecular formula is C21H24BrClN4O2. The monoisotopic (exact) mass is 478 g/mol. The number of piperazine rings is 1. The second-order valence-corrected chi connectivity index (χ2v) is 8.31. The van der Waals surface area contributed by atoms with Crippen molar-refractivity contribution in [3.8, 4) is 0 Å². The Morgan fingerprint density at radius 3 is 2.17 bits per heavy atom. The summed E-state index contributed by atoms with van der Waals surface area (Å²) in [7, 11) is 0. The highest BCUT2D eigenvalue weighted by molar-refractivity contribution is 9.10. The number of nitrogens with one attached hydrogen (secondary N) is 2. The van der Waals surface area contributed by atoms with Crippen molar-refractivity contribution in [1.82, 2.24) is 15.1 Å². The van der Waals surface area contributed by atoms with Crippen molar-refractivity contribution < 1.29 is 9.59 Å². The lowest BCUT2D eigenvalue weighted by Crippen LogP contribution is -2.48. The predicted octanol–water partition coefficient (Wildman–Crippen LogP) is 2.98. The van der Waals surface area contributed by atoms with Crippen molar-refractivity contribution in [3.05, 3.63) is 63.6 Å². The average molecular weight is 480 g/mol. The summed E-state index contributed by atoms with van der Waals surface area (Å²) in [5, 5.41) is 5.81. The van der Waals surface area contributed by atoms with Crippen LogP contribution in [0.5, 0.6) is 0 Å². The number of halogens is 2. The van der Waals surface area contributed by atoms with Gasteiger partial charge in [0.15, 0.2) is 0 Å². The van der Waals surface area contributed by atoms with Crippen LogP contribution in [0.2, 0.25) is 5.02 Å². The predicted molar refractivity (Wildman–Crippen MR) is 119 cm³/mol. The van der Waals surface area contributed by atoms with E-state index in [2.05, 4.69) is 60.6 Å². The maximum absolute atomic E-state index is 12.0. The lowest BCUT2D eigenvalue weighted by Gasteiger charge is -2.34. The Morgan fingerprint density at radius 2 is 1.52 bits per heavy atom. The maximum atomic E-state index is 12.0. The van der Waals surface area contributed by atoms with Crippen LogP contribution in [0.3, 0.4) is 0 Å². The SMILES string of the molecule is O=C(NCCN1CCN(Cc2ccc(Br)cc2)CC1)C(=O)Nc1ccc(Cl)cc1. The zero-order valence-electron chi connectivity index (χ0n) is 16.0. The van der Waals surface area contributed by atoms with E-state index in [4.69, 9.17) is 11.6 Å². The van der Waals surface area contributed by atoms with Gasteiger partial charge in [0, 0.05) is 61.0 Å². The Balaban J connectivity index is 1.32.